The van der Waals surface area contributed by atoms with Crippen LogP contribution >= 0.6 is 0 Å². The Morgan fingerprint density at radius 3 is 2.58 bits per heavy atom. The number of aryl methyl sites for hydroxylation is 1. The maximum absolute atomic E-state index is 13.8. The van der Waals surface area contributed by atoms with Gasteiger partial charge in [-0.15, -0.1) is 0 Å². The van der Waals surface area contributed by atoms with Crippen molar-refractivity contribution in [3.05, 3.63) is 58.7 Å². The number of halogens is 3. The molecule has 1 aliphatic carbocycles. The maximum Gasteiger partial charge on any atom is 0.433 e. The zero-order chi connectivity index (χ0) is 26.2. The van der Waals surface area contributed by atoms with Gasteiger partial charge in [-0.2, -0.15) is 13.2 Å². The molecule has 1 saturated carbocycles. The predicted octanol–water partition coefficient (Wildman–Crippen LogP) is 2.45. The first-order valence-electron chi connectivity index (χ1n) is 11.8. The van der Waals surface area contributed by atoms with Crippen molar-refractivity contribution in [2.24, 2.45) is 23.4 Å². The molecule has 3 heterocycles. The van der Waals surface area contributed by atoms with Gasteiger partial charge in [0.15, 0.2) is 5.69 Å². The summed E-state index contributed by atoms with van der Waals surface area (Å²) in [5, 5.41) is 3.69. The maximum atomic E-state index is 13.8. The number of aromatic nitrogens is 2. The fourth-order valence-corrected chi connectivity index (χ4v) is 4.66. The van der Waals surface area contributed by atoms with Crippen LogP contribution in [-0.2, 0) is 23.9 Å². The molecule has 194 valence electrons. The molecule has 2 aliphatic rings. The average molecular weight is 505 g/mol. The Kier molecular flexibility index (Phi) is 6.98. The summed E-state index contributed by atoms with van der Waals surface area (Å²) in [6.07, 6.45) is -1.79. The molecule has 36 heavy (non-hydrogen) atoms. The van der Waals surface area contributed by atoms with Gasteiger partial charge in [-0.3, -0.25) is 4.79 Å². The fraction of sp³-hybridized carbons (Fsp3) is 0.458. The molecule has 12 heteroatoms. The van der Waals surface area contributed by atoms with Crippen molar-refractivity contribution in [2.45, 2.75) is 45.5 Å². The minimum Gasteiger partial charge on any atom is -0.393 e. The lowest BCUT2D eigenvalue weighted by atomic mass is 10.0. The number of rotatable bonds is 8. The van der Waals surface area contributed by atoms with E-state index in [1.807, 2.05) is 11.8 Å². The zero-order valence-corrected chi connectivity index (χ0v) is 20.2. The lowest BCUT2D eigenvalue weighted by molar-refractivity contribution is -0.142. The minimum absolute atomic E-state index is 0.114. The van der Waals surface area contributed by atoms with Crippen molar-refractivity contribution in [1.82, 2.24) is 20.3 Å². The molecule has 1 aliphatic heterocycles. The Balaban J connectivity index is 1.44. The van der Waals surface area contributed by atoms with Crippen LogP contribution in [0.2, 0.25) is 0 Å². The van der Waals surface area contributed by atoms with Crippen LogP contribution in [0.15, 0.2) is 36.2 Å². The normalized spacial score (nSPS) is 20.2. The van der Waals surface area contributed by atoms with Crippen molar-refractivity contribution in [2.75, 3.05) is 23.7 Å². The first-order valence-corrected chi connectivity index (χ1v) is 11.8. The number of nitrogens with one attached hydrogen (secondary N) is 1. The molecule has 3 atom stereocenters. The first kappa shape index (κ1) is 25.5. The van der Waals surface area contributed by atoms with Gasteiger partial charge in [0.25, 0.3) is 5.91 Å². The number of nitrogen functional groups attached to an aromatic ring is 1. The van der Waals surface area contributed by atoms with E-state index in [1.165, 1.54) is 6.07 Å². The summed E-state index contributed by atoms with van der Waals surface area (Å²) in [5.41, 5.74) is 11.8. The van der Waals surface area contributed by atoms with Crippen LogP contribution in [0, 0.1) is 11.8 Å². The number of anilines is 2. The molecular formula is C24H31F3N8O. The van der Waals surface area contributed by atoms with Crippen LogP contribution in [0.4, 0.5) is 24.8 Å². The fourth-order valence-electron chi connectivity index (χ4n) is 4.66. The minimum atomic E-state index is -4.65. The van der Waals surface area contributed by atoms with E-state index in [1.54, 1.807) is 25.1 Å². The number of carbonyl (C=O) groups excluding carboxylic acids is 1. The Bertz CT molecular complexity index is 1160. The summed E-state index contributed by atoms with van der Waals surface area (Å²) >= 11 is 0. The number of hydrazine groups is 1. The van der Waals surface area contributed by atoms with Gasteiger partial charge < -0.3 is 26.7 Å². The van der Waals surface area contributed by atoms with Crippen molar-refractivity contribution in [1.29, 1.82) is 0 Å². The molecule has 1 amide bonds. The van der Waals surface area contributed by atoms with E-state index in [9.17, 15) is 18.0 Å². The topological polar surface area (TPSA) is 139 Å². The number of nitrogens with two attached hydrogens (primary N) is 3. The molecular weight excluding hydrogens is 473 g/mol. The van der Waals surface area contributed by atoms with Gasteiger partial charge in [0.05, 0.1) is 12.6 Å². The van der Waals surface area contributed by atoms with Crippen molar-refractivity contribution < 1.29 is 18.0 Å². The molecule has 0 radical (unpaired) electrons. The number of pyridine rings is 2. The lowest BCUT2D eigenvalue weighted by Gasteiger charge is -2.23. The van der Waals surface area contributed by atoms with Gasteiger partial charge in [-0.1, -0.05) is 19.1 Å². The van der Waals surface area contributed by atoms with Gasteiger partial charge >= 0.3 is 6.18 Å². The van der Waals surface area contributed by atoms with E-state index in [0.29, 0.717) is 29.9 Å². The summed E-state index contributed by atoms with van der Waals surface area (Å²) < 4.78 is 41.3. The Morgan fingerprint density at radius 2 is 1.94 bits per heavy atom. The third-order valence-corrected chi connectivity index (χ3v) is 6.64. The standard InChI is InChI=1S/C24H31F3N8O/c1-3-19-17(5-6-20(29)32-19)13(2)31-23(36)18(28)12-35(30)11-14-4-7-21(33-22(14)24(25,26)27)34-9-15-8-16(15)10-34/h4-7,12-13,15-16H,3,8-11,28,30H2,1-2H3,(H2,29,32)(H,31,36)/b18-12-/t13-,15?,16?/m1/s1. The second-order valence-electron chi connectivity index (χ2n) is 9.41. The number of hydrogen-bond acceptors (Lipinski definition) is 8. The predicted molar refractivity (Wildman–Crippen MR) is 130 cm³/mol. The Hall–Kier alpha value is -3.54. The summed E-state index contributed by atoms with van der Waals surface area (Å²) in [6.45, 7) is 4.82. The number of alkyl halides is 3. The highest BCUT2D eigenvalue weighted by atomic mass is 19.4. The van der Waals surface area contributed by atoms with Crippen LogP contribution in [-0.4, -0.2) is 34.0 Å². The Morgan fingerprint density at radius 1 is 1.25 bits per heavy atom. The van der Waals surface area contributed by atoms with Crippen molar-refractivity contribution in [3.8, 4) is 0 Å². The number of carbonyl (C=O) groups is 1. The van der Waals surface area contributed by atoms with E-state index >= 15 is 0 Å². The molecule has 9 nitrogen and oxygen atoms in total. The number of nitrogens with zero attached hydrogens (tertiary/aromatic N) is 4. The Labute approximate surface area is 207 Å². The van der Waals surface area contributed by atoms with Gasteiger partial charge in [0.2, 0.25) is 0 Å². The molecule has 1 saturated heterocycles. The highest BCUT2D eigenvalue weighted by Crippen LogP contribution is 2.46. The van der Waals surface area contributed by atoms with Crippen LogP contribution in [0.1, 0.15) is 48.8 Å². The molecule has 0 bridgehead atoms. The third kappa shape index (κ3) is 5.64. The number of piperidine rings is 1. The highest BCUT2D eigenvalue weighted by Gasteiger charge is 2.46. The second-order valence-corrected chi connectivity index (χ2v) is 9.41. The van der Waals surface area contributed by atoms with Crippen LogP contribution < -0.4 is 27.5 Å². The lowest BCUT2D eigenvalue weighted by Crippen LogP contribution is -2.34. The number of hydrogen-bond donors (Lipinski definition) is 4. The molecule has 2 unspecified atom stereocenters. The van der Waals surface area contributed by atoms with Gasteiger partial charge in [-0.05, 0) is 49.3 Å². The van der Waals surface area contributed by atoms with E-state index in [4.69, 9.17) is 17.3 Å². The van der Waals surface area contributed by atoms with Gasteiger partial charge in [0, 0.05) is 30.5 Å². The molecule has 4 rings (SSSR count). The van der Waals surface area contributed by atoms with Gasteiger partial charge in [-0.25, -0.2) is 15.8 Å². The molecule has 0 spiro atoms. The number of amides is 1. The molecule has 2 aromatic rings. The third-order valence-electron chi connectivity index (χ3n) is 6.64. The average Bonchev–Trinajstić information content (AvgIpc) is 3.42. The van der Waals surface area contributed by atoms with Crippen molar-refractivity contribution >= 4 is 17.5 Å². The SMILES string of the molecule is CCc1nc(N)ccc1[C@@H](C)NC(=O)/C(N)=C/N(N)Cc1ccc(N2CC3CC3C2)nc1C(F)(F)F. The second kappa shape index (κ2) is 9.84. The van der Waals surface area contributed by atoms with E-state index in [-0.39, 0.29) is 17.8 Å². The summed E-state index contributed by atoms with van der Waals surface area (Å²) in [4.78, 5) is 22.7. The summed E-state index contributed by atoms with van der Waals surface area (Å²) in [6, 6.07) is 5.95. The molecule has 0 aromatic carbocycles. The van der Waals surface area contributed by atoms with E-state index in [2.05, 4.69) is 15.3 Å². The largest absolute Gasteiger partial charge is 0.433 e. The smallest absolute Gasteiger partial charge is 0.393 e. The van der Waals surface area contributed by atoms with E-state index < -0.39 is 23.8 Å². The zero-order valence-electron chi connectivity index (χ0n) is 20.2. The molecule has 2 fully saturated rings. The van der Waals surface area contributed by atoms with Crippen molar-refractivity contribution in [3.63, 3.8) is 0 Å². The van der Waals surface area contributed by atoms with Gasteiger partial charge in [0.1, 0.15) is 17.3 Å². The molecule has 7 N–H and O–H groups in total. The van der Waals surface area contributed by atoms with Crippen LogP contribution in [0.5, 0.6) is 0 Å². The van der Waals surface area contributed by atoms with Crippen LogP contribution in [0.3, 0.4) is 0 Å². The quantitative estimate of drug-likeness (QED) is 0.244. The number of fused-ring (bicyclic) bond motifs is 1. The van der Waals surface area contributed by atoms with Crippen LogP contribution in [0.25, 0.3) is 0 Å². The monoisotopic (exact) mass is 504 g/mol. The summed E-state index contributed by atoms with van der Waals surface area (Å²) in [7, 11) is 0. The van der Waals surface area contributed by atoms with E-state index in [0.717, 1.165) is 42.0 Å². The molecule has 2 aromatic heterocycles. The first-order chi connectivity index (χ1) is 17.0. The highest BCUT2D eigenvalue weighted by molar-refractivity contribution is 5.92. The summed E-state index contributed by atoms with van der Waals surface area (Å²) in [5.74, 6) is 7.11.